The van der Waals surface area contributed by atoms with Crippen LogP contribution in [0, 0.1) is 0 Å². The van der Waals surface area contributed by atoms with Crippen molar-refractivity contribution in [2.45, 2.75) is 39.7 Å². The van der Waals surface area contributed by atoms with Crippen LogP contribution in [0.1, 0.15) is 33.6 Å². The van der Waals surface area contributed by atoms with Gasteiger partial charge in [-0.3, -0.25) is 9.59 Å². The lowest BCUT2D eigenvalue weighted by Crippen LogP contribution is -2.42. The third kappa shape index (κ3) is 7.26. The first kappa shape index (κ1) is 16.3. The topological polar surface area (TPSA) is 46.6 Å². The molecule has 0 saturated carbocycles. The molecule has 100 valence electrons. The van der Waals surface area contributed by atoms with E-state index in [-0.39, 0.29) is 24.5 Å². The summed E-state index contributed by atoms with van der Waals surface area (Å²) in [5, 5.41) is 0. The maximum Gasteiger partial charge on any atom is 0.325 e. The molecule has 5 heteroatoms. The molecule has 17 heavy (non-hydrogen) atoms. The molecule has 0 bridgehead atoms. The number of hydrogen-bond acceptors (Lipinski definition) is 4. The van der Waals surface area contributed by atoms with Gasteiger partial charge in [-0.1, -0.05) is 13.3 Å². The fraction of sp³-hybridized carbons (Fsp3) is 0.833. The van der Waals surface area contributed by atoms with Crippen molar-refractivity contribution >= 4 is 23.6 Å². The van der Waals surface area contributed by atoms with Gasteiger partial charge in [-0.25, -0.2) is 0 Å². The van der Waals surface area contributed by atoms with Crippen LogP contribution in [0.25, 0.3) is 0 Å². The van der Waals surface area contributed by atoms with Gasteiger partial charge in [-0.05, 0) is 26.0 Å². The number of ether oxygens (including phenoxy) is 1. The second-order valence-electron chi connectivity index (χ2n) is 4.10. The molecule has 0 aromatic heterocycles. The quantitative estimate of drug-likeness (QED) is 0.495. The molecule has 0 aliphatic heterocycles. The first-order valence-electron chi connectivity index (χ1n) is 5.96. The Hall–Kier alpha value is -0.710. The summed E-state index contributed by atoms with van der Waals surface area (Å²) in [4.78, 5) is 24.6. The van der Waals surface area contributed by atoms with Crippen LogP contribution < -0.4 is 0 Å². The molecule has 0 saturated heterocycles. The number of thioether (sulfide) groups is 1. The molecule has 0 N–H and O–H groups in total. The lowest BCUT2D eigenvalue weighted by atomic mass is 10.3. The number of carbonyl (C=O) groups excluding carboxylic acids is 2. The number of rotatable bonds is 8. The predicted molar refractivity (Wildman–Crippen MR) is 71.1 cm³/mol. The molecule has 0 aliphatic rings. The van der Waals surface area contributed by atoms with Gasteiger partial charge >= 0.3 is 5.97 Å². The summed E-state index contributed by atoms with van der Waals surface area (Å²) < 4.78 is 4.58. The van der Waals surface area contributed by atoms with Crippen molar-refractivity contribution in [3.05, 3.63) is 0 Å². The molecule has 0 aliphatic carbocycles. The summed E-state index contributed by atoms with van der Waals surface area (Å²) in [6, 6.07) is 0.0216. The van der Waals surface area contributed by atoms with Gasteiger partial charge in [0, 0.05) is 6.04 Å². The van der Waals surface area contributed by atoms with E-state index < -0.39 is 0 Å². The summed E-state index contributed by atoms with van der Waals surface area (Å²) >= 11 is 1.62. The van der Waals surface area contributed by atoms with E-state index in [4.69, 9.17) is 0 Å². The molecule has 0 heterocycles. The number of esters is 1. The van der Waals surface area contributed by atoms with Gasteiger partial charge < -0.3 is 9.64 Å². The van der Waals surface area contributed by atoms with Gasteiger partial charge in [0.15, 0.2) is 0 Å². The fourth-order valence-electron chi connectivity index (χ4n) is 1.25. The standard InChI is InChI=1S/C12H23NO3S/c1-5-6-7-17-9-11(14)13(10(2)3)8-12(15)16-4/h10H,5-9H2,1-4H3. The van der Waals surface area contributed by atoms with Crippen molar-refractivity contribution in [1.82, 2.24) is 4.90 Å². The van der Waals surface area contributed by atoms with Crippen molar-refractivity contribution in [2.75, 3.05) is 25.2 Å². The number of hydrogen-bond donors (Lipinski definition) is 0. The minimum atomic E-state index is -0.370. The van der Waals surface area contributed by atoms with Crippen LogP contribution in [0.15, 0.2) is 0 Å². The second kappa shape index (κ2) is 9.33. The van der Waals surface area contributed by atoms with Crippen LogP contribution in [-0.4, -0.2) is 48.0 Å². The second-order valence-corrected chi connectivity index (χ2v) is 5.20. The molecular weight excluding hydrogens is 238 g/mol. The number of nitrogens with zero attached hydrogens (tertiary/aromatic N) is 1. The maximum absolute atomic E-state index is 11.9. The van der Waals surface area contributed by atoms with E-state index >= 15 is 0 Å². The normalized spacial score (nSPS) is 10.4. The van der Waals surface area contributed by atoms with E-state index in [1.165, 1.54) is 7.11 Å². The van der Waals surface area contributed by atoms with Crippen molar-refractivity contribution < 1.29 is 14.3 Å². The van der Waals surface area contributed by atoms with Crippen LogP contribution in [-0.2, 0) is 14.3 Å². The summed E-state index contributed by atoms with van der Waals surface area (Å²) in [7, 11) is 1.33. The summed E-state index contributed by atoms with van der Waals surface area (Å²) in [6.45, 7) is 5.97. The molecule has 0 aromatic carbocycles. The lowest BCUT2D eigenvalue weighted by Gasteiger charge is -2.25. The van der Waals surface area contributed by atoms with E-state index in [0.29, 0.717) is 5.75 Å². The molecule has 0 radical (unpaired) electrons. The van der Waals surface area contributed by atoms with Crippen LogP contribution >= 0.6 is 11.8 Å². The Balaban J connectivity index is 4.11. The molecule has 0 rings (SSSR count). The van der Waals surface area contributed by atoms with Crippen molar-refractivity contribution in [3.8, 4) is 0 Å². The zero-order valence-electron chi connectivity index (χ0n) is 11.2. The Morgan fingerprint density at radius 2 is 2.00 bits per heavy atom. The van der Waals surface area contributed by atoms with Crippen LogP contribution in [0.2, 0.25) is 0 Å². The number of methoxy groups -OCH3 is 1. The zero-order valence-corrected chi connectivity index (χ0v) is 12.0. The van der Waals surface area contributed by atoms with E-state index in [9.17, 15) is 9.59 Å². The molecule has 0 unspecified atom stereocenters. The third-order valence-electron chi connectivity index (χ3n) is 2.34. The highest BCUT2D eigenvalue weighted by Crippen LogP contribution is 2.08. The first-order chi connectivity index (χ1) is 8.02. The summed E-state index contributed by atoms with van der Waals surface area (Å²) in [5.41, 5.74) is 0. The number of amides is 1. The van der Waals surface area contributed by atoms with Crippen LogP contribution in [0.3, 0.4) is 0 Å². The fourth-order valence-corrected chi connectivity index (χ4v) is 2.23. The number of carbonyl (C=O) groups is 2. The highest BCUT2D eigenvalue weighted by molar-refractivity contribution is 7.99. The van der Waals surface area contributed by atoms with Gasteiger partial charge in [0.2, 0.25) is 5.91 Å². The minimum Gasteiger partial charge on any atom is -0.468 e. The first-order valence-corrected chi connectivity index (χ1v) is 7.12. The maximum atomic E-state index is 11.9. The van der Waals surface area contributed by atoms with Gasteiger partial charge in [-0.15, -0.1) is 0 Å². The smallest absolute Gasteiger partial charge is 0.325 e. The zero-order chi connectivity index (χ0) is 13.3. The molecule has 0 fully saturated rings. The molecule has 0 aromatic rings. The predicted octanol–water partition coefficient (Wildman–Crippen LogP) is 1.93. The van der Waals surface area contributed by atoms with Gasteiger partial charge in [0.25, 0.3) is 0 Å². The molecule has 0 atom stereocenters. The largest absolute Gasteiger partial charge is 0.468 e. The third-order valence-corrected chi connectivity index (χ3v) is 3.37. The van der Waals surface area contributed by atoms with E-state index in [0.717, 1.165) is 18.6 Å². The van der Waals surface area contributed by atoms with Crippen molar-refractivity contribution in [1.29, 1.82) is 0 Å². The molecule has 1 amide bonds. The molecule has 0 spiro atoms. The lowest BCUT2D eigenvalue weighted by molar-refractivity contribution is -0.147. The summed E-state index contributed by atoms with van der Waals surface area (Å²) in [5.74, 6) is 1.07. The van der Waals surface area contributed by atoms with E-state index in [1.54, 1.807) is 16.7 Å². The van der Waals surface area contributed by atoms with E-state index in [2.05, 4.69) is 11.7 Å². The molecular formula is C12H23NO3S. The summed E-state index contributed by atoms with van der Waals surface area (Å²) in [6.07, 6.45) is 2.26. The van der Waals surface area contributed by atoms with E-state index in [1.807, 2.05) is 13.8 Å². The average molecular weight is 261 g/mol. The van der Waals surface area contributed by atoms with Gasteiger partial charge in [0.05, 0.1) is 12.9 Å². The van der Waals surface area contributed by atoms with Gasteiger partial charge in [-0.2, -0.15) is 11.8 Å². The average Bonchev–Trinajstić information content (AvgIpc) is 2.30. The SMILES string of the molecule is CCCCSCC(=O)N(CC(=O)OC)C(C)C. The van der Waals surface area contributed by atoms with Gasteiger partial charge in [0.1, 0.15) is 6.54 Å². The highest BCUT2D eigenvalue weighted by Gasteiger charge is 2.19. The monoisotopic (exact) mass is 261 g/mol. The minimum absolute atomic E-state index is 0.00602. The van der Waals surface area contributed by atoms with Crippen LogP contribution in [0.5, 0.6) is 0 Å². The van der Waals surface area contributed by atoms with Crippen molar-refractivity contribution in [3.63, 3.8) is 0 Å². The van der Waals surface area contributed by atoms with Crippen LogP contribution in [0.4, 0.5) is 0 Å². The van der Waals surface area contributed by atoms with Crippen molar-refractivity contribution in [2.24, 2.45) is 0 Å². The highest BCUT2D eigenvalue weighted by atomic mass is 32.2. The molecule has 4 nitrogen and oxygen atoms in total. The Morgan fingerprint density at radius 3 is 2.47 bits per heavy atom. The number of unbranched alkanes of at least 4 members (excludes halogenated alkanes) is 1. The Kier molecular flexibility index (Phi) is 8.94. The Bertz CT molecular complexity index is 244. The Labute approximate surface area is 108 Å². The Morgan fingerprint density at radius 1 is 1.35 bits per heavy atom.